The van der Waals surface area contributed by atoms with E-state index in [2.05, 4.69) is 0 Å². The second-order valence-corrected chi connectivity index (χ2v) is 5.31. The van der Waals surface area contributed by atoms with Gasteiger partial charge in [-0.2, -0.15) is 0 Å². The first-order valence-electron chi connectivity index (χ1n) is 7.82. The highest BCUT2D eigenvalue weighted by Gasteiger charge is 2.44. The number of esters is 5. The van der Waals surface area contributed by atoms with E-state index in [1.54, 1.807) is 0 Å². The van der Waals surface area contributed by atoms with Crippen molar-refractivity contribution in [3.8, 4) is 0 Å². The maximum atomic E-state index is 11.5. The van der Waals surface area contributed by atoms with Crippen LogP contribution in [0.4, 0.5) is 0 Å². The van der Waals surface area contributed by atoms with Crippen molar-refractivity contribution in [1.29, 1.82) is 0 Å². The minimum Gasteiger partial charge on any atom is -0.462 e. The number of hydrogen-bond donors (Lipinski definition) is 0. The molecule has 0 aliphatic carbocycles. The Hall–Kier alpha value is -2.69. The van der Waals surface area contributed by atoms with Crippen molar-refractivity contribution in [1.82, 2.24) is 0 Å². The summed E-state index contributed by atoms with van der Waals surface area (Å²) in [5, 5.41) is 0. The van der Waals surface area contributed by atoms with Crippen molar-refractivity contribution in [3.63, 3.8) is 0 Å². The molecule has 154 valence electrons. The maximum absolute atomic E-state index is 11.5. The van der Waals surface area contributed by atoms with Gasteiger partial charge in [-0.3, -0.25) is 24.0 Å². The zero-order valence-electron chi connectivity index (χ0n) is 16.0. The van der Waals surface area contributed by atoms with E-state index in [1.807, 2.05) is 0 Å². The van der Waals surface area contributed by atoms with E-state index in [4.69, 9.17) is 28.4 Å². The lowest BCUT2D eigenvalue weighted by molar-refractivity contribution is -0.235. The first kappa shape index (κ1) is 24.3. The first-order chi connectivity index (χ1) is 12.5. The smallest absolute Gasteiger partial charge is 0.305 e. The van der Waals surface area contributed by atoms with Crippen LogP contribution in [-0.2, 0) is 52.4 Å². The molecule has 0 aliphatic heterocycles. The molecule has 0 amide bonds. The van der Waals surface area contributed by atoms with Crippen molar-refractivity contribution >= 4 is 29.8 Å². The summed E-state index contributed by atoms with van der Waals surface area (Å²) in [5.74, 6) is -3.90. The summed E-state index contributed by atoms with van der Waals surface area (Å²) < 4.78 is 30.0. The van der Waals surface area contributed by atoms with Crippen LogP contribution >= 0.6 is 0 Å². The van der Waals surface area contributed by atoms with Gasteiger partial charge in [0.05, 0.1) is 0 Å². The summed E-state index contributed by atoms with van der Waals surface area (Å²) in [5.41, 5.74) is 0. The highest BCUT2D eigenvalue weighted by Crippen LogP contribution is 2.20. The van der Waals surface area contributed by atoms with Crippen LogP contribution in [0.3, 0.4) is 0 Å². The normalized spacial score (nSPS) is 14.7. The quantitative estimate of drug-likeness (QED) is 0.279. The fourth-order valence-corrected chi connectivity index (χ4v) is 2.04. The monoisotopic (exact) mass is 392 g/mol. The molecule has 0 spiro atoms. The molecule has 0 saturated heterocycles. The topological polar surface area (TPSA) is 141 Å². The lowest BCUT2D eigenvalue weighted by Crippen LogP contribution is -2.53. The minimum atomic E-state index is -1.51. The van der Waals surface area contributed by atoms with Gasteiger partial charge < -0.3 is 28.4 Å². The molecule has 27 heavy (non-hydrogen) atoms. The Morgan fingerprint density at radius 3 is 1.44 bits per heavy atom. The Morgan fingerprint density at radius 2 is 1.07 bits per heavy atom. The Bertz CT molecular complexity index is 557. The van der Waals surface area contributed by atoms with Gasteiger partial charge in [0.1, 0.15) is 6.61 Å². The molecule has 0 aliphatic rings. The van der Waals surface area contributed by atoms with E-state index >= 15 is 0 Å². The summed E-state index contributed by atoms with van der Waals surface area (Å²) >= 11 is 0. The van der Waals surface area contributed by atoms with E-state index < -0.39 is 61.1 Å². The summed E-state index contributed by atoms with van der Waals surface area (Å²) in [6.07, 6.45) is -5.88. The standard InChI is InChI=1S/C16H24O11/c1-8(17)23-7-13(24-9(2)18)14(25-10(3)19)15(26-11(4)20)16(22-6)27-12(5)21/h13-16H,7H2,1-6H3/t13-,14-,15-,16+/m0/s1. The van der Waals surface area contributed by atoms with Gasteiger partial charge in [0, 0.05) is 41.7 Å². The van der Waals surface area contributed by atoms with Gasteiger partial charge in [0.2, 0.25) is 12.4 Å². The lowest BCUT2D eigenvalue weighted by Gasteiger charge is -2.34. The van der Waals surface area contributed by atoms with Gasteiger partial charge in [-0.1, -0.05) is 0 Å². The third-order valence-corrected chi connectivity index (χ3v) is 2.85. The highest BCUT2D eigenvalue weighted by atomic mass is 16.7. The molecule has 0 aromatic carbocycles. The first-order valence-corrected chi connectivity index (χ1v) is 7.82. The van der Waals surface area contributed by atoms with Crippen LogP contribution in [0.5, 0.6) is 0 Å². The van der Waals surface area contributed by atoms with Gasteiger partial charge >= 0.3 is 29.8 Å². The Morgan fingerprint density at radius 1 is 0.630 bits per heavy atom. The maximum Gasteiger partial charge on any atom is 0.305 e. The molecule has 0 aromatic rings. The van der Waals surface area contributed by atoms with Crippen LogP contribution in [0.15, 0.2) is 0 Å². The number of methoxy groups -OCH3 is 1. The lowest BCUT2D eigenvalue weighted by atomic mass is 10.1. The SMILES string of the molecule is CO[C@H](OC(C)=O)[C@@H](OC(C)=O)[C@@H](OC(C)=O)[C@H](COC(C)=O)OC(C)=O. The molecule has 0 aromatic heterocycles. The number of rotatable bonds is 10. The number of carbonyl (C=O) groups excluding carboxylic acids is 5. The fraction of sp³-hybridized carbons (Fsp3) is 0.688. The molecule has 0 radical (unpaired) electrons. The average molecular weight is 392 g/mol. The molecule has 4 atom stereocenters. The second-order valence-electron chi connectivity index (χ2n) is 5.31. The van der Waals surface area contributed by atoms with Crippen molar-refractivity contribution in [2.75, 3.05) is 13.7 Å². The van der Waals surface area contributed by atoms with Crippen molar-refractivity contribution in [3.05, 3.63) is 0 Å². The summed E-state index contributed by atoms with van der Waals surface area (Å²) in [7, 11) is 1.15. The second kappa shape index (κ2) is 11.8. The van der Waals surface area contributed by atoms with E-state index in [0.29, 0.717) is 0 Å². The van der Waals surface area contributed by atoms with Crippen LogP contribution in [0.1, 0.15) is 34.6 Å². The zero-order valence-corrected chi connectivity index (χ0v) is 16.0. The minimum absolute atomic E-state index is 0.513. The molecular formula is C16H24O11. The molecule has 0 N–H and O–H groups in total. The van der Waals surface area contributed by atoms with Gasteiger partial charge in [-0.05, 0) is 0 Å². The Balaban J connectivity index is 5.96. The van der Waals surface area contributed by atoms with Crippen LogP contribution in [-0.4, -0.2) is 68.2 Å². The molecule has 11 nitrogen and oxygen atoms in total. The molecule has 0 unspecified atom stereocenters. The van der Waals surface area contributed by atoms with Gasteiger partial charge in [-0.25, -0.2) is 0 Å². The van der Waals surface area contributed by atoms with E-state index in [1.165, 1.54) is 0 Å². The highest BCUT2D eigenvalue weighted by molar-refractivity contribution is 5.69. The molecular weight excluding hydrogens is 368 g/mol. The molecule has 0 saturated carbocycles. The van der Waals surface area contributed by atoms with E-state index in [0.717, 1.165) is 41.7 Å². The number of carbonyl (C=O) groups is 5. The molecule has 0 heterocycles. The fourth-order valence-electron chi connectivity index (χ4n) is 2.04. The summed E-state index contributed by atoms with van der Waals surface area (Å²) in [4.78, 5) is 56.9. The predicted octanol–water partition coefficient (Wildman–Crippen LogP) is -0.120. The molecule has 11 heteroatoms. The molecule has 0 rings (SSSR count). The van der Waals surface area contributed by atoms with Crippen molar-refractivity contribution < 1.29 is 52.4 Å². The third-order valence-electron chi connectivity index (χ3n) is 2.85. The average Bonchev–Trinajstić information content (AvgIpc) is 2.51. The van der Waals surface area contributed by atoms with Crippen LogP contribution in [0.25, 0.3) is 0 Å². The zero-order chi connectivity index (χ0) is 21.1. The molecule has 0 bridgehead atoms. The predicted molar refractivity (Wildman–Crippen MR) is 85.9 cm³/mol. The number of hydrogen-bond acceptors (Lipinski definition) is 11. The summed E-state index contributed by atoms with van der Waals surface area (Å²) in [6, 6.07) is 0. The Labute approximate surface area is 156 Å². The third kappa shape index (κ3) is 10.1. The van der Waals surface area contributed by atoms with Crippen molar-refractivity contribution in [2.45, 2.75) is 59.2 Å². The van der Waals surface area contributed by atoms with Gasteiger partial charge in [-0.15, -0.1) is 0 Å². The largest absolute Gasteiger partial charge is 0.462 e. The van der Waals surface area contributed by atoms with Crippen molar-refractivity contribution in [2.24, 2.45) is 0 Å². The van der Waals surface area contributed by atoms with Crippen LogP contribution in [0.2, 0.25) is 0 Å². The Kier molecular flexibility index (Phi) is 10.7. The van der Waals surface area contributed by atoms with Gasteiger partial charge in [0.25, 0.3) is 0 Å². The molecule has 0 fully saturated rings. The van der Waals surface area contributed by atoms with E-state index in [-0.39, 0.29) is 0 Å². The van der Waals surface area contributed by atoms with Gasteiger partial charge in [0.15, 0.2) is 12.2 Å². The summed E-state index contributed by atoms with van der Waals surface area (Å²) in [6.45, 7) is 4.88. The van der Waals surface area contributed by atoms with Crippen LogP contribution < -0.4 is 0 Å². The number of ether oxygens (including phenoxy) is 6. The van der Waals surface area contributed by atoms with E-state index in [9.17, 15) is 24.0 Å². The van der Waals surface area contributed by atoms with Crippen LogP contribution in [0, 0.1) is 0 Å².